The lowest BCUT2D eigenvalue weighted by Gasteiger charge is -2.31. The first-order chi connectivity index (χ1) is 7.83. The number of rotatable bonds is 3. The molecule has 1 aromatic carbocycles. The first-order valence-corrected chi connectivity index (χ1v) is 6.64. The van der Waals surface area contributed by atoms with Gasteiger partial charge in [0.2, 0.25) is 0 Å². The fourth-order valence-electron chi connectivity index (χ4n) is 2.61. The van der Waals surface area contributed by atoms with Crippen LogP contribution in [0, 0.1) is 0 Å². The van der Waals surface area contributed by atoms with Gasteiger partial charge in [0.25, 0.3) is 0 Å². The van der Waals surface area contributed by atoms with Crippen LogP contribution in [0.5, 0.6) is 0 Å². The highest BCUT2D eigenvalue weighted by atomic mass is 15.1. The SMILES string of the molecule is CCc1ccc(C2CCN(CC)CC2)cc1. The van der Waals surface area contributed by atoms with Crippen molar-refractivity contribution >= 4 is 0 Å². The number of benzene rings is 1. The maximum Gasteiger partial charge on any atom is -0.00130 e. The second-order valence-electron chi connectivity index (χ2n) is 4.80. The van der Waals surface area contributed by atoms with Crippen LogP contribution in [0.3, 0.4) is 0 Å². The number of nitrogens with zero attached hydrogens (tertiary/aromatic N) is 1. The van der Waals surface area contributed by atoms with Crippen LogP contribution in [-0.2, 0) is 6.42 Å². The Balaban J connectivity index is 1.97. The lowest BCUT2D eigenvalue weighted by atomic mass is 9.89. The Labute approximate surface area is 99.5 Å². The molecule has 1 heterocycles. The molecule has 0 atom stereocenters. The number of aryl methyl sites for hydroxylation is 1. The molecule has 0 bridgehead atoms. The second kappa shape index (κ2) is 5.49. The van der Waals surface area contributed by atoms with Gasteiger partial charge in [-0.1, -0.05) is 38.1 Å². The number of hydrogen-bond acceptors (Lipinski definition) is 1. The van der Waals surface area contributed by atoms with Gasteiger partial charge in [0, 0.05) is 0 Å². The molecular weight excluding hydrogens is 194 g/mol. The molecule has 0 aromatic heterocycles. The molecule has 88 valence electrons. The highest BCUT2D eigenvalue weighted by Crippen LogP contribution is 2.27. The van der Waals surface area contributed by atoms with Crippen molar-refractivity contribution in [3.8, 4) is 0 Å². The van der Waals surface area contributed by atoms with Gasteiger partial charge in [-0.05, 0) is 55.9 Å². The van der Waals surface area contributed by atoms with E-state index in [1.807, 2.05) is 0 Å². The molecule has 0 radical (unpaired) electrons. The quantitative estimate of drug-likeness (QED) is 0.749. The molecule has 0 spiro atoms. The third kappa shape index (κ3) is 2.65. The van der Waals surface area contributed by atoms with Crippen LogP contribution < -0.4 is 0 Å². The van der Waals surface area contributed by atoms with Crippen molar-refractivity contribution < 1.29 is 0 Å². The zero-order valence-corrected chi connectivity index (χ0v) is 10.6. The standard InChI is InChI=1S/C15H23N/c1-3-13-5-7-14(8-6-13)15-9-11-16(4-2)12-10-15/h5-8,15H,3-4,9-12H2,1-2H3. The van der Waals surface area contributed by atoms with Crippen LogP contribution in [0.1, 0.15) is 43.7 Å². The Morgan fingerprint density at radius 3 is 2.19 bits per heavy atom. The molecule has 2 rings (SSSR count). The van der Waals surface area contributed by atoms with E-state index in [0.717, 1.165) is 12.3 Å². The molecule has 0 saturated carbocycles. The van der Waals surface area contributed by atoms with Gasteiger partial charge >= 0.3 is 0 Å². The van der Waals surface area contributed by atoms with Gasteiger partial charge in [-0.2, -0.15) is 0 Å². The first-order valence-electron chi connectivity index (χ1n) is 6.64. The topological polar surface area (TPSA) is 3.24 Å². The number of hydrogen-bond donors (Lipinski definition) is 0. The Morgan fingerprint density at radius 2 is 1.69 bits per heavy atom. The molecule has 16 heavy (non-hydrogen) atoms. The van der Waals surface area contributed by atoms with Crippen molar-refractivity contribution in [3.05, 3.63) is 35.4 Å². The molecule has 1 heteroatoms. The van der Waals surface area contributed by atoms with E-state index in [-0.39, 0.29) is 0 Å². The second-order valence-corrected chi connectivity index (χ2v) is 4.80. The molecule has 0 N–H and O–H groups in total. The van der Waals surface area contributed by atoms with Crippen molar-refractivity contribution in [3.63, 3.8) is 0 Å². The molecule has 0 amide bonds. The van der Waals surface area contributed by atoms with Gasteiger partial charge in [-0.3, -0.25) is 0 Å². The van der Waals surface area contributed by atoms with E-state index in [4.69, 9.17) is 0 Å². The summed E-state index contributed by atoms with van der Waals surface area (Å²) in [5, 5.41) is 0. The zero-order chi connectivity index (χ0) is 11.4. The summed E-state index contributed by atoms with van der Waals surface area (Å²) in [5.74, 6) is 0.800. The molecule has 1 nitrogen and oxygen atoms in total. The van der Waals surface area contributed by atoms with Crippen LogP contribution in [-0.4, -0.2) is 24.5 Å². The van der Waals surface area contributed by atoms with Gasteiger partial charge in [-0.15, -0.1) is 0 Å². The van der Waals surface area contributed by atoms with E-state index in [1.54, 1.807) is 5.56 Å². The first kappa shape index (κ1) is 11.7. The van der Waals surface area contributed by atoms with Crippen LogP contribution in [0.15, 0.2) is 24.3 Å². The maximum atomic E-state index is 2.55. The van der Waals surface area contributed by atoms with Crippen LogP contribution in [0.4, 0.5) is 0 Å². The highest BCUT2D eigenvalue weighted by Gasteiger charge is 2.19. The van der Waals surface area contributed by atoms with Gasteiger partial charge in [0.05, 0.1) is 0 Å². The molecule has 0 unspecified atom stereocenters. The molecule has 1 saturated heterocycles. The lowest BCUT2D eigenvalue weighted by molar-refractivity contribution is 0.222. The van der Waals surface area contributed by atoms with Gasteiger partial charge < -0.3 is 4.90 Å². The van der Waals surface area contributed by atoms with Crippen molar-refractivity contribution in [1.82, 2.24) is 4.90 Å². The fourth-order valence-corrected chi connectivity index (χ4v) is 2.61. The van der Waals surface area contributed by atoms with Gasteiger partial charge in [0.1, 0.15) is 0 Å². The van der Waals surface area contributed by atoms with E-state index in [0.29, 0.717) is 0 Å². The molecule has 1 aromatic rings. The summed E-state index contributed by atoms with van der Waals surface area (Å²) in [4.78, 5) is 2.55. The van der Waals surface area contributed by atoms with E-state index < -0.39 is 0 Å². The van der Waals surface area contributed by atoms with Gasteiger partial charge in [-0.25, -0.2) is 0 Å². The largest absolute Gasteiger partial charge is 0.304 e. The van der Waals surface area contributed by atoms with Crippen LogP contribution >= 0.6 is 0 Å². The van der Waals surface area contributed by atoms with E-state index in [1.165, 1.54) is 38.0 Å². The Hall–Kier alpha value is -0.820. The van der Waals surface area contributed by atoms with Crippen molar-refractivity contribution in [2.24, 2.45) is 0 Å². The monoisotopic (exact) mass is 217 g/mol. The maximum absolute atomic E-state index is 2.55. The average Bonchev–Trinajstić information content (AvgIpc) is 2.39. The summed E-state index contributed by atoms with van der Waals surface area (Å²) < 4.78 is 0. The lowest BCUT2D eigenvalue weighted by Crippen LogP contribution is -2.32. The van der Waals surface area contributed by atoms with E-state index in [9.17, 15) is 0 Å². The van der Waals surface area contributed by atoms with Crippen molar-refractivity contribution in [2.75, 3.05) is 19.6 Å². The summed E-state index contributed by atoms with van der Waals surface area (Å²) in [6.07, 6.45) is 3.81. The summed E-state index contributed by atoms with van der Waals surface area (Å²) >= 11 is 0. The summed E-state index contributed by atoms with van der Waals surface area (Å²) in [6.45, 7) is 8.24. The Morgan fingerprint density at radius 1 is 1.06 bits per heavy atom. The Kier molecular flexibility index (Phi) is 4.00. The fraction of sp³-hybridized carbons (Fsp3) is 0.600. The third-order valence-corrected chi connectivity index (χ3v) is 3.89. The minimum Gasteiger partial charge on any atom is -0.304 e. The summed E-state index contributed by atoms with van der Waals surface area (Å²) in [5.41, 5.74) is 3.00. The van der Waals surface area contributed by atoms with Crippen LogP contribution in [0.2, 0.25) is 0 Å². The molecule has 1 fully saturated rings. The smallest absolute Gasteiger partial charge is 0.00130 e. The molecule has 1 aliphatic rings. The van der Waals surface area contributed by atoms with Gasteiger partial charge in [0.15, 0.2) is 0 Å². The minimum atomic E-state index is 0.800. The summed E-state index contributed by atoms with van der Waals surface area (Å²) in [7, 11) is 0. The van der Waals surface area contributed by atoms with E-state index in [2.05, 4.69) is 43.0 Å². The normalized spacial score (nSPS) is 18.9. The highest BCUT2D eigenvalue weighted by molar-refractivity contribution is 5.25. The average molecular weight is 217 g/mol. The number of likely N-dealkylation sites (tertiary alicyclic amines) is 1. The molecular formula is C15H23N. The van der Waals surface area contributed by atoms with Crippen molar-refractivity contribution in [1.29, 1.82) is 0 Å². The number of piperidine rings is 1. The third-order valence-electron chi connectivity index (χ3n) is 3.89. The van der Waals surface area contributed by atoms with Crippen LogP contribution in [0.25, 0.3) is 0 Å². The predicted molar refractivity (Wildman–Crippen MR) is 69.9 cm³/mol. The minimum absolute atomic E-state index is 0.800. The molecule has 1 aliphatic heterocycles. The zero-order valence-electron chi connectivity index (χ0n) is 10.6. The molecule has 0 aliphatic carbocycles. The Bertz CT molecular complexity index is 307. The summed E-state index contributed by atoms with van der Waals surface area (Å²) in [6, 6.07) is 9.26. The van der Waals surface area contributed by atoms with E-state index >= 15 is 0 Å². The predicted octanol–water partition coefficient (Wildman–Crippen LogP) is 3.45. The van der Waals surface area contributed by atoms with Crippen molar-refractivity contribution in [2.45, 2.75) is 39.0 Å².